The average molecular weight is 581 g/mol. The molecule has 0 fully saturated rings. The molecule has 0 heterocycles. The van der Waals surface area contributed by atoms with Gasteiger partial charge in [0.2, 0.25) is 34.8 Å². The highest BCUT2D eigenvalue weighted by Crippen LogP contribution is 2.30. The van der Waals surface area contributed by atoms with E-state index in [1.165, 1.54) is 32.9 Å². The van der Waals surface area contributed by atoms with Crippen molar-refractivity contribution in [2.24, 2.45) is 5.73 Å². The highest BCUT2D eigenvalue weighted by atomic mass is 35.5. The summed E-state index contributed by atoms with van der Waals surface area (Å²) in [6.07, 6.45) is -2.88. The molecule has 8 nitrogen and oxygen atoms in total. The summed E-state index contributed by atoms with van der Waals surface area (Å²) >= 11 is 6.05. The van der Waals surface area contributed by atoms with Crippen molar-refractivity contribution in [2.45, 2.75) is 58.3 Å². The third-order valence-corrected chi connectivity index (χ3v) is 5.35. The molecule has 0 spiro atoms. The molecule has 0 aliphatic carbocycles. The van der Waals surface area contributed by atoms with Gasteiger partial charge in [-0.1, -0.05) is 29.8 Å². The quantitative estimate of drug-likeness (QED) is 0.0966. The molecule has 0 saturated heterocycles. The van der Waals surface area contributed by atoms with Crippen LogP contribution in [0, 0.1) is 29.1 Å². The number of amides is 2. The summed E-state index contributed by atoms with van der Waals surface area (Å²) in [7, 11) is 0. The Kier molecular flexibility index (Phi) is 11.0. The van der Waals surface area contributed by atoms with Gasteiger partial charge in [-0.2, -0.15) is 13.7 Å². The van der Waals surface area contributed by atoms with Crippen LogP contribution in [0.2, 0.25) is 5.02 Å². The topological polar surface area (TPSA) is 108 Å². The zero-order chi connectivity index (χ0) is 29.5. The van der Waals surface area contributed by atoms with Crippen LogP contribution in [0.25, 0.3) is 0 Å². The van der Waals surface area contributed by atoms with Crippen LogP contribution in [0.4, 0.5) is 31.5 Å². The van der Waals surface area contributed by atoms with Crippen molar-refractivity contribution in [1.82, 2.24) is 4.90 Å². The number of carbonyl (C=O) groups excluding carboxylic acids is 3. The standard InChI is InChI=1S/C25H26ClF5N2O6/c1-25(2,3)39-24(36)33(23(35)37-12-13-8-4-5-9-14(13)26)15(10-6-7-11-32)22(34)38-21-19(30)17(28)16(27)18(29)20(21)31/h4-5,8-9,15H,6-7,10-12,32H2,1-3H3/t15-/m0/s1. The Morgan fingerprint density at radius 1 is 0.923 bits per heavy atom. The van der Waals surface area contributed by atoms with Crippen LogP contribution >= 0.6 is 11.6 Å². The number of hydrogen-bond acceptors (Lipinski definition) is 7. The minimum Gasteiger partial charge on any atom is -0.444 e. The summed E-state index contributed by atoms with van der Waals surface area (Å²) < 4.78 is 84.0. The Bertz CT molecular complexity index is 1200. The number of benzene rings is 2. The van der Waals surface area contributed by atoms with E-state index in [1.54, 1.807) is 12.1 Å². The van der Waals surface area contributed by atoms with E-state index in [0.717, 1.165) is 0 Å². The number of imide groups is 1. The number of esters is 1. The Labute approximate surface area is 225 Å². The first-order chi connectivity index (χ1) is 18.2. The molecular formula is C25H26ClF5N2O6. The van der Waals surface area contributed by atoms with Crippen LogP contribution in [-0.4, -0.2) is 41.2 Å². The Morgan fingerprint density at radius 3 is 2.03 bits per heavy atom. The van der Waals surface area contributed by atoms with E-state index in [0.29, 0.717) is 5.56 Å². The normalized spacial score (nSPS) is 12.1. The maximum absolute atomic E-state index is 14.2. The van der Waals surface area contributed by atoms with Crippen LogP contribution in [-0.2, 0) is 20.9 Å². The van der Waals surface area contributed by atoms with Crippen molar-refractivity contribution in [3.05, 3.63) is 63.9 Å². The lowest BCUT2D eigenvalue weighted by Gasteiger charge is -2.30. The van der Waals surface area contributed by atoms with Gasteiger partial charge in [-0.15, -0.1) is 0 Å². The van der Waals surface area contributed by atoms with Gasteiger partial charge in [0.05, 0.1) is 0 Å². The lowest BCUT2D eigenvalue weighted by atomic mass is 10.1. The molecule has 14 heteroatoms. The second kappa shape index (κ2) is 13.6. The molecule has 39 heavy (non-hydrogen) atoms. The number of ether oxygens (including phenoxy) is 3. The minimum atomic E-state index is -2.47. The number of nitrogens with two attached hydrogens (primary N) is 1. The molecular weight excluding hydrogens is 555 g/mol. The van der Waals surface area contributed by atoms with Gasteiger partial charge < -0.3 is 19.9 Å². The van der Waals surface area contributed by atoms with Gasteiger partial charge in [0.25, 0.3) is 0 Å². The van der Waals surface area contributed by atoms with Crippen molar-refractivity contribution >= 4 is 29.8 Å². The first-order valence-corrected chi connectivity index (χ1v) is 11.9. The molecule has 214 valence electrons. The maximum Gasteiger partial charge on any atom is 0.420 e. The van der Waals surface area contributed by atoms with Crippen LogP contribution < -0.4 is 10.5 Å². The van der Waals surface area contributed by atoms with Gasteiger partial charge in [0.1, 0.15) is 18.2 Å². The average Bonchev–Trinajstić information content (AvgIpc) is 2.86. The summed E-state index contributed by atoms with van der Waals surface area (Å²) in [6, 6.07) is 4.26. The number of halogens is 6. The zero-order valence-corrected chi connectivity index (χ0v) is 21.9. The number of nitrogens with zero attached hydrogens (tertiary/aromatic N) is 1. The van der Waals surface area contributed by atoms with E-state index < -0.39 is 71.2 Å². The lowest BCUT2D eigenvalue weighted by molar-refractivity contribution is -0.140. The fraction of sp³-hybridized carbons (Fsp3) is 0.400. The number of hydrogen-bond donors (Lipinski definition) is 1. The van der Waals surface area contributed by atoms with Crippen molar-refractivity contribution in [2.75, 3.05) is 6.54 Å². The largest absolute Gasteiger partial charge is 0.444 e. The summed E-state index contributed by atoms with van der Waals surface area (Å²) in [6.45, 7) is 4.03. The van der Waals surface area contributed by atoms with Gasteiger partial charge >= 0.3 is 18.2 Å². The lowest BCUT2D eigenvalue weighted by Crippen LogP contribution is -2.52. The molecule has 2 aromatic rings. The monoisotopic (exact) mass is 580 g/mol. The van der Waals surface area contributed by atoms with Crippen LogP contribution in [0.1, 0.15) is 45.6 Å². The number of rotatable bonds is 9. The van der Waals surface area contributed by atoms with E-state index >= 15 is 0 Å². The summed E-state index contributed by atoms with van der Waals surface area (Å²) in [5.74, 6) is -15.7. The third kappa shape index (κ3) is 8.27. The van der Waals surface area contributed by atoms with Crippen molar-refractivity contribution in [1.29, 1.82) is 0 Å². The Hall–Kier alpha value is -3.45. The van der Waals surface area contributed by atoms with Crippen molar-refractivity contribution in [3.63, 3.8) is 0 Å². The first kappa shape index (κ1) is 31.8. The van der Waals surface area contributed by atoms with E-state index in [4.69, 9.17) is 26.8 Å². The second-order valence-corrected chi connectivity index (χ2v) is 9.52. The molecule has 2 rings (SSSR count). The van der Waals surface area contributed by atoms with Gasteiger partial charge in [0, 0.05) is 10.6 Å². The minimum absolute atomic E-state index is 0.0739. The SMILES string of the molecule is CC(C)(C)OC(=O)N(C(=O)OCc1ccccc1Cl)[C@@H](CCCCN)C(=O)Oc1c(F)c(F)c(F)c(F)c1F. The molecule has 0 aliphatic heterocycles. The Morgan fingerprint density at radius 2 is 1.49 bits per heavy atom. The Balaban J connectivity index is 2.49. The summed E-state index contributed by atoms with van der Waals surface area (Å²) in [4.78, 5) is 39.4. The predicted molar refractivity (Wildman–Crippen MR) is 128 cm³/mol. The van der Waals surface area contributed by atoms with Crippen LogP contribution in [0.15, 0.2) is 24.3 Å². The molecule has 0 saturated carbocycles. The molecule has 0 aromatic heterocycles. The summed E-state index contributed by atoms with van der Waals surface area (Å²) in [5.41, 5.74) is 4.61. The van der Waals surface area contributed by atoms with Gasteiger partial charge in [0.15, 0.2) is 0 Å². The summed E-state index contributed by atoms with van der Waals surface area (Å²) in [5, 5.41) is 0.222. The fourth-order valence-electron chi connectivity index (χ4n) is 3.14. The molecule has 0 aliphatic rings. The van der Waals surface area contributed by atoms with E-state index in [1.807, 2.05) is 0 Å². The number of carbonyl (C=O) groups is 3. The zero-order valence-electron chi connectivity index (χ0n) is 21.2. The fourth-order valence-corrected chi connectivity index (χ4v) is 3.33. The molecule has 2 N–H and O–H groups in total. The first-order valence-electron chi connectivity index (χ1n) is 11.5. The molecule has 1 atom stereocenters. The third-order valence-electron chi connectivity index (χ3n) is 4.98. The second-order valence-electron chi connectivity index (χ2n) is 9.12. The van der Waals surface area contributed by atoms with Gasteiger partial charge in [-0.05, 0) is 52.6 Å². The highest BCUT2D eigenvalue weighted by molar-refractivity contribution is 6.31. The van der Waals surface area contributed by atoms with Crippen LogP contribution in [0.3, 0.4) is 0 Å². The highest BCUT2D eigenvalue weighted by Gasteiger charge is 2.41. The van der Waals surface area contributed by atoms with E-state index in [-0.39, 0.29) is 35.7 Å². The molecule has 2 amide bonds. The maximum atomic E-state index is 14.2. The van der Waals surface area contributed by atoms with Crippen molar-refractivity contribution in [3.8, 4) is 5.75 Å². The smallest absolute Gasteiger partial charge is 0.420 e. The van der Waals surface area contributed by atoms with E-state index in [2.05, 4.69) is 4.74 Å². The molecule has 0 unspecified atom stereocenters. The molecule has 2 aromatic carbocycles. The number of unbranched alkanes of at least 4 members (excludes halogenated alkanes) is 1. The van der Waals surface area contributed by atoms with Crippen LogP contribution in [0.5, 0.6) is 5.75 Å². The van der Waals surface area contributed by atoms with Gasteiger partial charge in [-0.3, -0.25) is 0 Å². The van der Waals surface area contributed by atoms with Crippen molar-refractivity contribution < 1.29 is 50.5 Å². The molecule has 0 bridgehead atoms. The predicted octanol–water partition coefficient (Wildman–Crippen LogP) is 6.01. The molecule has 0 radical (unpaired) electrons. The van der Waals surface area contributed by atoms with E-state index in [9.17, 15) is 36.3 Å². The van der Waals surface area contributed by atoms with Gasteiger partial charge in [-0.25, -0.2) is 27.6 Å².